The summed E-state index contributed by atoms with van der Waals surface area (Å²) >= 11 is 2.03. The topological polar surface area (TPSA) is 43.8 Å². The summed E-state index contributed by atoms with van der Waals surface area (Å²) in [7, 11) is 0. The van der Waals surface area contributed by atoms with E-state index in [0.717, 1.165) is 3.57 Å². The van der Waals surface area contributed by atoms with Crippen LogP contribution >= 0.6 is 22.6 Å². The van der Waals surface area contributed by atoms with Crippen LogP contribution < -0.4 is 5.73 Å². The first-order valence-electron chi connectivity index (χ1n) is 5.41. The monoisotopic (exact) mass is 363 g/mol. The molecule has 1 unspecified atom stereocenters. The van der Waals surface area contributed by atoms with E-state index in [1.165, 1.54) is 23.0 Å². The smallest absolute Gasteiger partial charge is 0.152 e. The molecule has 2 aromatic rings. The quantitative estimate of drug-likeness (QED) is 0.853. The van der Waals surface area contributed by atoms with Crippen LogP contribution in [0, 0.1) is 15.2 Å². The van der Waals surface area contributed by atoms with Crippen LogP contribution in [0.1, 0.15) is 12.5 Å². The van der Waals surface area contributed by atoms with E-state index in [-0.39, 0.29) is 11.7 Å². The maximum Gasteiger partial charge on any atom is 0.152 e. The van der Waals surface area contributed by atoms with Gasteiger partial charge in [-0.05, 0) is 53.6 Å². The lowest BCUT2D eigenvalue weighted by molar-refractivity contribution is 0.555. The van der Waals surface area contributed by atoms with Crippen molar-refractivity contribution >= 4 is 22.6 Å². The standard InChI is InChI=1S/C12H12F2IN3/c1-7(16)2-8-3-10(13)12(11(14)4-8)18-6-9(15)5-17-18/h3-7H,2,16H2,1H3. The van der Waals surface area contributed by atoms with E-state index >= 15 is 0 Å². The maximum absolute atomic E-state index is 13.9. The van der Waals surface area contributed by atoms with Crippen LogP contribution in [0.3, 0.4) is 0 Å². The molecule has 0 bridgehead atoms. The summed E-state index contributed by atoms with van der Waals surface area (Å²) in [5.74, 6) is -1.27. The number of aromatic nitrogens is 2. The highest BCUT2D eigenvalue weighted by atomic mass is 127. The van der Waals surface area contributed by atoms with Gasteiger partial charge in [-0.2, -0.15) is 5.10 Å². The predicted molar refractivity (Wildman–Crippen MR) is 73.6 cm³/mol. The zero-order chi connectivity index (χ0) is 13.3. The van der Waals surface area contributed by atoms with Gasteiger partial charge in [0, 0.05) is 12.2 Å². The van der Waals surface area contributed by atoms with Crippen molar-refractivity contribution in [3.05, 3.63) is 45.3 Å². The molecule has 0 saturated heterocycles. The molecule has 2 N–H and O–H groups in total. The molecule has 0 radical (unpaired) electrons. The van der Waals surface area contributed by atoms with Gasteiger partial charge in [0.15, 0.2) is 11.6 Å². The molecule has 1 heterocycles. The molecule has 0 aliphatic heterocycles. The molecular weight excluding hydrogens is 351 g/mol. The predicted octanol–water partition coefficient (Wildman–Crippen LogP) is 2.64. The summed E-state index contributed by atoms with van der Waals surface area (Å²) in [5, 5.41) is 3.90. The Bertz CT molecular complexity index is 543. The van der Waals surface area contributed by atoms with Crippen LogP contribution in [-0.2, 0) is 6.42 Å². The van der Waals surface area contributed by atoms with Crippen molar-refractivity contribution in [2.75, 3.05) is 0 Å². The van der Waals surface area contributed by atoms with Crippen molar-refractivity contribution in [1.82, 2.24) is 9.78 Å². The van der Waals surface area contributed by atoms with Gasteiger partial charge in [-0.15, -0.1) is 0 Å². The lowest BCUT2D eigenvalue weighted by Crippen LogP contribution is -2.18. The molecule has 0 fully saturated rings. The van der Waals surface area contributed by atoms with Crippen molar-refractivity contribution in [3.63, 3.8) is 0 Å². The summed E-state index contributed by atoms with van der Waals surface area (Å²) in [6.45, 7) is 1.79. The van der Waals surface area contributed by atoms with Crippen LogP contribution in [0.15, 0.2) is 24.5 Å². The van der Waals surface area contributed by atoms with Gasteiger partial charge in [-0.25, -0.2) is 13.5 Å². The van der Waals surface area contributed by atoms with Crippen LogP contribution in [-0.4, -0.2) is 15.8 Å². The summed E-state index contributed by atoms with van der Waals surface area (Å²) in [6, 6.07) is 2.47. The van der Waals surface area contributed by atoms with Crippen molar-refractivity contribution in [2.24, 2.45) is 5.73 Å². The Balaban J connectivity index is 2.44. The second-order valence-electron chi connectivity index (χ2n) is 4.19. The molecule has 0 amide bonds. The second-order valence-corrected chi connectivity index (χ2v) is 5.44. The van der Waals surface area contributed by atoms with Gasteiger partial charge in [0.2, 0.25) is 0 Å². The Kier molecular flexibility index (Phi) is 3.96. The van der Waals surface area contributed by atoms with Crippen molar-refractivity contribution in [3.8, 4) is 5.69 Å². The Morgan fingerprint density at radius 1 is 1.39 bits per heavy atom. The Hall–Kier alpha value is -1.02. The molecule has 1 aromatic carbocycles. The van der Waals surface area contributed by atoms with Gasteiger partial charge in [0.25, 0.3) is 0 Å². The first-order valence-corrected chi connectivity index (χ1v) is 6.49. The number of hydrogen-bond donors (Lipinski definition) is 1. The van der Waals surface area contributed by atoms with Gasteiger partial charge in [-0.1, -0.05) is 0 Å². The molecule has 2 rings (SSSR count). The van der Waals surface area contributed by atoms with Crippen molar-refractivity contribution < 1.29 is 8.78 Å². The molecule has 0 spiro atoms. The second kappa shape index (κ2) is 5.31. The minimum absolute atomic E-state index is 0.139. The highest BCUT2D eigenvalue weighted by Gasteiger charge is 2.14. The molecule has 18 heavy (non-hydrogen) atoms. The van der Waals surface area contributed by atoms with Crippen molar-refractivity contribution in [1.29, 1.82) is 0 Å². The van der Waals surface area contributed by atoms with Gasteiger partial charge >= 0.3 is 0 Å². The molecule has 1 atom stereocenters. The van der Waals surface area contributed by atoms with Gasteiger partial charge in [0.05, 0.1) is 9.77 Å². The normalized spacial score (nSPS) is 12.7. The van der Waals surface area contributed by atoms with Crippen molar-refractivity contribution in [2.45, 2.75) is 19.4 Å². The summed E-state index contributed by atoms with van der Waals surface area (Å²) in [4.78, 5) is 0. The average molecular weight is 363 g/mol. The molecule has 3 nitrogen and oxygen atoms in total. The number of hydrogen-bond acceptors (Lipinski definition) is 2. The highest BCUT2D eigenvalue weighted by Crippen LogP contribution is 2.20. The van der Waals surface area contributed by atoms with E-state index in [0.29, 0.717) is 12.0 Å². The van der Waals surface area contributed by atoms with E-state index in [1.54, 1.807) is 13.1 Å². The Morgan fingerprint density at radius 2 is 2.00 bits per heavy atom. The van der Waals surface area contributed by atoms with E-state index in [9.17, 15) is 8.78 Å². The van der Waals surface area contributed by atoms with Crippen LogP contribution in [0.4, 0.5) is 8.78 Å². The number of nitrogens with two attached hydrogens (primary N) is 1. The molecule has 1 aromatic heterocycles. The van der Waals surface area contributed by atoms with Gasteiger partial charge in [-0.3, -0.25) is 0 Å². The lowest BCUT2D eigenvalue weighted by atomic mass is 10.1. The van der Waals surface area contributed by atoms with E-state index in [2.05, 4.69) is 5.10 Å². The van der Waals surface area contributed by atoms with Gasteiger partial charge < -0.3 is 5.73 Å². The largest absolute Gasteiger partial charge is 0.328 e. The summed E-state index contributed by atoms with van der Waals surface area (Å²) < 4.78 is 29.8. The minimum atomic E-state index is -0.634. The molecule has 0 aliphatic rings. The van der Waals surface area contributed by atoms with E-state index < -0.39 is 11.6 Å². The first kappa shape index (κ1) is 13.4. The fraction of sp³-hybridized carbons (Fsp3) is 0.250. The Morgan fingerprint density at radius 3 is 2.44 bits per heavy atom. The summed E-state index contributed by atoms with van der Waals surface area (Å²) in [5.41, 5.74) is 6.00. The number of rotatable bonds is 3. The summed E-state index contributed by atoms with van der Waals surface area (Å²) in [6.07, 6.45) is 3.54. The highest BCUT2D eigenvalue weighted by molar-refractivity contribution is 14.1. The lowest BCUT2D eigenvalue weighted by Gasteiger charge is -2.09. The third kappa shape index (κ3) is 2.86. The molecule has 96 valence electrons. The van der Waals surface area contributed by atoms with Crippen LogP contribution in [0.5, 0.6) is 0 Å². The third-order valence-corrected chi connectivity index (χ3v) is 2.97. The van der Waals surface area contributed by atoms with Gasteiger partial charge in [0.1, 0.15) is 5.69 Å². The van der Waals surface area contributed by atoms with Crippen LogP contribution in [0.2, 0.25) is 0 Å². The number of halogens is 3. The number of benzene rings is 1. The maximum atomic E-state index is 13.9. The van der Waals surface area contributed by atoms with Crippen LogP contribution in [0.25, 0.3) is 5.69 Å². The fourth-order valence-electron chi connectivity index (χ4n) is 1.75. The minimum Gasteiger partial charge on any atom is -0.328 e. The fourth-order valence-corrected chi connectivity index (χ4v) is 2.14. The first-order chi connectivity index (χ1) is 8.47. The average Bonchev–Trinajstić information content (AvgIpc) is 2.62. The van der Waals surface area contributed by atoms with E-state index in [1.807, 2.05) is 22.6 Å². The number of nitrogens with zero attached hydrogens (tertiary/aromatic N) is 2. The Labute approximate surface area is 117 Å². The zero-order valence-corrected chi connectivity index (χ0v) is 11.9. The zero-order valence-electron chi connectivity index (χ0n) is 9.70. The SMILES string of the molecule is CC(N)Cc1cc(F)c(-n2cc(I)cn2)c(F)c1. The molecule has 0 saturated carbocycles. The third-order valence-electron chi connectivity index (χ3n) is 2.41. The van der Waals surface area contributed by atoms with E-state index in [4.69, 9.17) is 5.73 Å². The molecular formula is C12H12F2IN3. The molecule has 6 heteroatoms. The molecule has 0 aliphatic carbocycles.